The fourth-order valence-corrected chi connectivity index (χ4v) is 6.25. The smallest absolute Gasteiger partial charge is 0.338 e. The van der Waals surface area contributed by atoms with Crippen molar-refractivity contribution < 1.29 is 9.53 Å². The first-order valence-electron chi connectivity index (χ1n) is 11.6. The monoisotopic (exact) mass is 448 g/mol. The van der Waals surface area contributed by atoms with Crippen molar-refractivity contribution in [1.82, 2.24) is 13.6 Å². The van der Waals surface area contributed by atoms with Crippen LogP contribution in [0.15, 0.2) is 30.3 Å². The number of likely N-dealkylation sites (tertiary alicyclic amines) is 1. The fourth-order valence-electron chi connectivity index (χ4n) is 5.73. The number of benzene rings is 2. The molecule has 0 amide bonds. The van der Waals surface area contributed by atoms with Crippen molar-refractivity contribution in [2.24, 2.45) is 5.41 Å². The summed E-state index contributed by atoms with van der Waals surface area (Å²) in [5, 5.41) is 0. The Morgan fingerprint density at radius 2 is 1.88 bits per heavy atom. The number of anilines is 1. The van der Waals surface area contributed by atoms with Crippen LogP contribution >= 0.6 is 11.7 Å². The summed E-state index contributed by atoms with van der Waals surface area (Å²) < 4.78 is 13.9. The van der Waals surface area contributed by atoms with Gasteiger partial charge in [0.25, 0.3) is 0 Å². The highest BCUT2D eigenvalue weighted by molar-refractivity contribution is 7.00. The molecule has 0 N–H and O–H groups in total. The predicted octanol–water partition coefficient (Wildman–Crippen LogP) is 4.21. The van der Waals surface area contributed by atoms with Crippen LogP contribution in [0, 0.1) is 12.3 Å². The molecular weight excluding hydrogens is 420 g/mol. The summed E-state index contributed by atoms with van der Waals surface area (Å²) in [6, 6.07) is 10.6. The number of hydrogen-bond acceptors (Lipinski definition) is 7. The molecule has 32 heavy (non-hydrogen) atoms. The average molecular weight is 449 g/mol. The number of ether oxygens (including phenoxy) is 1. The van der Waals surface area contributed by atoms with E-state index in [4.69, 9.17) is 4.74 Å². The van der Waals surface area contributed by atoms with Gasteiger partial charge in [-0.3, -0.25) is 0 Å². The fraction of sp³-hybridized carbons (Fsp3) is 0.480. The topological polar surface area (TPSA) is 58.6 Å². The van der Waals surface area contributed by atoms with Gasteiger partial charge in [0.2, 0.25) is 0 Å². The third-order valence-electron chi connectivity index (χ3n) is 7.93. The van der Waals surface area contributed by atoms with Gasteiger partial charge in [-0.05, 0) is 86.5 Å². The molecule has 0 saturated carbocycles. The maximum Gasteiger partial charge on any atom is 0.338 e. The van der Waals surface area contributed by atoms with Gasteiger partial charge in [0.05, 0.1) is 17.3 Å². The van der Waals surface area contributed by atoms with E-state index in [0.29, 0.717) is 12.0 Å². The number of carbonyl (C=O) groups is 1. The zero-order valence-corrected chi connectivity index (χ0v) is 19.3. The largest absolute Gasteiger partial charge is 0.457 e. The number of carbonyl (C=O) groups excluding carboxylic acids is 1. The Hall–Kier alpha value is -2.51. The molecule has 6 nitrogen and oxygen atoms in total. The van der Waals surface area contributed by atoms with Gasteiger partial charge < -0.3 is 14.5 Å². The molecule has 2 saturated heterocycles. The highest BCUT2D eigenvalue weighted by atomic mass is 32.1. The van der Waals surface area contributed by atoms with Crippen molar-refractivity contribution in [3.8, 4) is 0 Å². The van der Waals surface area contributed by atoms with Crippen LogP contribution in [0.25, 0.3) is 11.0 Å². The van der Waals surface area contributed by atoms with Crippen molar-refractivity contribution in [2.75, 3.05) is 37.6 Å². The van der Waals surface area contributed by atoms with Crippen LogP contribution in [0.5, 0.6) is 0 Å². The molecule has 0 radical (unpaired) electrons. The van der Waals surface area contributed by atoms with Crippen LogP contribution in [0.1, 0.15) is 46.3 Å². The number of esters is 1. The van der Waals surface area contributed by atoms with E-state index < -0.39 is 0 Å². The van der Waals surface area contributed by atoms with Crippen LogP contribution in [-0.2, 0) is 17.8 Å². The van der Waals surface area contributed by atoms with Crippen molar-refractivity contribution in [1.29, 1.82) is 0 Å². The Balaban J connectivity index is 1.06. The summed E-state index contributed by atoms with van der Waals surface area (Å²) in [6.45, 7) is 8.29. The molecule has 0 unspecified atom stereocenters. The maximum atomic E-state index is 11.8. The lowest BCUT2D eigenvalue weighted by Crippen LogP contribution is -2.42. The van der Waals surface area contributed by atoms with Crippen LogP contribution in [0.4, 0.5) is 5.69 Å². The van der Waals surface area contributed by atoms with Crippen molar-refractivity contribution >= 4 is 34.4 Å². The summed E-state index contributed by atoms with van der Waals surface area (Å²) >= 11 is 1.29. The maximum absolute atomic E-state index is 11.8. The lowest BCUT2D eigenvalue weighted by atomic mass is 9.77. The third-order valence-corrected chi connectivity index (χ3v) is 8.49. The van der Waals surface area contributed by atoms with Crippen LogP contribution in [0.2, 0.25) is 0 Å². The Kier molecular flexibility index (Phi) is 4.91. The van der Waals surface area contributed by atoms with Gasteiger partial charge in [0, 0.05) is 30.9 Å². The number of aromatic nitrogens is 2. The molecule has 1 spiro atoms. The van der Waals surface area contributed by atoms with E-state index in [1.165, 1.54) is 60.9 Å². The molecule has 4 heterocycles. The summed E-state index contributed by atoms with van der Waals surface area (Å²) in [5.41, 5.74) is 8.18. The normalized spacial score (nSPS) is 20.3. The number of piperidine rings is 1. The molecule has 3 aliphatic heterocycles. The number of fused-ring (bicyclic) bond motifs is 2. The Bertz CT molecular complexity index is 1180. The first-order valence-corrected chi connectivity index (χ1v) is 12.3. The van der Waals surface area contributed by atoms with Crippen LogP contribution in [-0.4, -0.2) is 52.3 Å². The zero-order valence-electron chi connectivity index (χ0n) is 18.5. The SMILES string of the molecule is Cc1c(CCN2CCC3(CC2)CCN(c2ccc4nsnc4c2)C3)ccc2c1COC2=O. The van der Waals surface area contributed by atoms with Gasteiger partial charge in [0.1, 0.15) is 17.6 Å². The molecule has 6 rings (SSSR count). The molecule has 3 aliphatic rings. The second kappa shape index (κ2) is 7.81. The van der Waals surface area contributed by atoms with E-state index in [1.54, 1.807) is 0 Å². The standard InChI is InChI=1S/C25H28N4O2S/c1-17-18(2-4-20-21(17)15-31-24(20)30)6-10-28-11-7-25(8-12-28)9-13-29(16-25)19-3-5-22-23(14-19)27-32-26-22/h2-5,14H,6-13,15-16H2,1H3. The second-order valence-corrected chi connectivity index (χ2v) is 10.2. The quantitative estimate of drug-likeness (QED) is 0.558. The lowest BCUT2D eigenvalue weighted by Gasteiger charge is -2.39. The number of cyclic esters (lactones) is 1. The number of rotatable bonds is 4. The van der Waals surface area contributed by atoms with Gasteiger partial charge in [-0.2, -0.15) is 8.75 Å². The van der Waals surface area contributed by atoms with E-state index >= 15 is 0 Å². The molecule has 166 valence electrons. The van der Waals surface area contributed by atoms with Gasteiger partial charge >= 0.3 is 5.97 Å². The van der Waals surface area contributed by atoms with Gasteiger partial charge in [-0.25, -0.2) is 4.79 Å². The lowest BCUT2D eigenvalue weighted by molar-refractivity contribution is 0.0535. The van der Waals surface area contributed by atoms with Crippen molar-refractivity contribution in [3.05, 3.63) is 52.6 Å². The van der Waals surface area contributed by atoms with E-state index in [0.717, 1.165) is 48.2 Å². The predicted molar refractivity (Wildman–Crippen MR) is 126 cm³/mol. The second-order valence-electron chi connectivity index (χ2n) is 9.65. The summed E-state index contributed by atoms with van der Waals surface area (Å²) in [5.74, 6) is -0.176. The van der Waals surface area contributed by atoms with Crippen molar-refractivity contribution in [2.45, 2.75) is 39.2 Å². The van der Waals surface area contributed by atoms with Gasteiger partial charge in [0.15, 0.2) is 0 Å². The van der Waals surface area contributed by atoms with E-state index in [9.17, 15) is 4.79 Å². The zero-order chi connectivity index (χ0) is 21.7. The molecule has 1 aromatic heterocycles. The minimum atomic E-state index is -0.176. The Morgan fingerprint density at radius 3 is 2.75 bits per heavy atom. The summed E-state index contributed by atoms with van der Waals surface area (Å²) in [6.07, 6.45) is 4.87. The number of hydrogen-bond donors (Lipinski definition) is 0. The first-order chi connectivity index (χ1) is 15.6. The van der Waals surface area contributed by atoms with Gasteiger partial charge in [-0.15, -0.1) is 0 Å². The minimum absolute atomic E-state index is 0.176. The Morgan fingerprint density at radius 1 is 1.06 bits per heavy atom. The third kappa shape index (κ3) is 3.48. The molecule has 7 heteroatoms. The number of nitrogens with zero attached hydrogens (tertiary/aromatic N) is 4. The van der Waals surface area contributed by atoms with E-state index in [2.05, 4.69) is 49.7 Å². The molecule has 2 fully saturated rings. The molecule has 0 bridgehead atoms. The average Bonchev–Trinajstić information content (AvgIpc) is 3.53. The van der Waals surface area contributed by atoms with Crippen molar-refractivity contribution in [3.63, 3.8) is 0 Å². The molecule has 2 aromatic carbocycles. The van der Waals surface area contributed by atoms with E-state index in [-0.39, 0.29) is 5.97 Å². The van der Waals surface area contributed by atoms with Crippen LogP contribution in [0.3, 0.4) is 0 Å². The summed E-state index contributed by atoms with van der Waals surface area (Å²) in [7, 11) is 0. The van der Waals surface area contributed by atoms with Gasteiger partial charge in [-0.1, -0.05) is 6.07 Å². The van der Waals surface area contributed by atoms with Crippen LogP contribution < -0.4 is 4.90 Å². The van der Waals surface area contributed by atoms with E-state index in [1.807, 2.05) is 6.07 Å². The molecular formula is C25H28N4O2S. The molecule has 0 aliphatic carbocycles. The minimum Gasteiger partial charge on any atom is -0.457 e. The highest BCUT2D eigenvalue weighted by Gasteiger charge is 2.40. The first kappa shape index (κ1) is 20.1. The summed E-state index contributed by atoms with van der Waals surface area (Å²) in [4.78, 5) is 16.9. The molecule has 0 atom stereocenters. The molecule has 3 aromatic rings. The Labute approximate surface area is 192 Å². The highest BCUT2D eigenvalue weighted by Crippen LogP contribution is 2.42.